The largest absolute Gasteiger partial charge is 0.381 e. The molecule has 2 saturated heterocycles. The van der Waals surface area contributed by atoms with Crippen molar-refractivity contribution in [1.29, 1.82) is 0 Å². The first-order valence-electron chi connectivity index (χ1n) is 6.26. The topological polar surface area (TPSA) is 12.5 Å². The van der Waals surface area contributed by atoms with Crippen molar-refractivity contribution in [3.8, 4) is 0 Å². The molecule has 2 heterocycles. The molecule has 0 radical (unpaired) electrons. The average Bonchev–Trinajstić information content (AvgIpc) is 2.88. The highest BCUT2D eigenvalue weighted by atomic mass is 16.5. The maximum absolute atomic E-state index is 5.50. The van der Waals surface area contributed by atoms with Crippen LogP contribution in [0.15, 0.2) is 30.3 Å². The fraction of sp³-hybridized carbons (Fsp3) is 0.571. The molecule has 1 aromatic rings. The molecule has 1 aromatic carbocycles. The molecular weight excluding hydrogens is 198 g/mol. The second-order valence-corrected chi connectivity index (χ2v) is 5.05. The molecule has 2 heteroatoms. The Bertz CT molecular complexity index is 326. The summed E-state index contributed by atoms with van der Waals surface area (Å²) < 4.78 is 5.50. The van der Waals surface area contributed by atoms with Crippen LogP contribution in [0.3, 0.4) is 0 Å². The van der Waals surface area contributed by atoms with E-state index in [0.717, 1.165) is 25.0 Å². The van der Waals surface area contributed by atoms with Crippen LogP contribution in [0.25, 0.3) is 0 Å². The van der Waals surface area contributed by atoms with Crippen molar-refractivity contribution in [3.63, 3.8) is 0 Å². The summed E-state index contributed by atoms with van der Waals surface area (Å²) in [7, 11) is 0. The zero-order valence-corrected chi connectivity index (χ0v) is 9.64. The summed E-state index contributed by atoms with van der Waals surface area (Å²) in [4.78, 5) is 2.60. The van der Waals surface area contributed by atoms with Gasteiger partial charge in [-0.05, 0) is 12.0 Å². The summed E-state index contributed by atoms with van der Waals surface area (Å²) in [5, 5.41) is 0. The number of hydrogen-bond acceptors (Lipinski definition) is 2. The standard InChI is InChI=1S/C14H19NO/c1-2-4-12(5-3-1)6-7-15-8-13-10-16-11-14(13)9-15/h1-5,13-14H,6-11H2/t13-,14+. The van der Waals surface area contributed by atoms with Gasteiger partial charge in [-0.15, -0.1) is 0 Å². The molecule has 86 valence electrons. The van der Waals surface area contributed by atoms with Crippen molar-refractivity contribution < 1.29 is 4.74 Å². The SMILES string of the molecule is c1ccc(CCN2C[C@H]3COC[C@H]3C2)cc1. The van der Waals surface area contributed by atoms with Crippen LogP contribution >= 0.6 is 0 Å². The highest BCUT2D eigenvalue weighted by Gasteiger charge is 2.36. The van der Waals surface area contributed by atoms with Gasteiger partial charge in [0.05, 0.1) is 13.2 Å². The summed E-state index contributed by atoms with van der Waals surface area (Å²) in [6.45, 7) is 5.69. The van der Waals surface area contributed by atoms with E-state index in [0.29, 0.717) is 0 Å². The van der Waals surface area contributed by atoms with E-state index in [9.17, 15) is 0 Å². The molecule has 2 nitrogen and oxygen atoms in total. The lowest BCUT2D eigenvalue weighted by atomic mass is 10.0. The van der Waals surface area contributed by atoms with Gasteiger partial charge < -0.3 is 9.64 Å². The van der Waals surface area contributed by atoms with Crippen LogP contribution in [0.2, 0.25) is 0 Å². The lowest BCUT2D eigenvalue weighted by Crippen LogP contribution is -2.25. The number of benzene rings is 1. The van der Waals surface area contributed by atoms with Crippen LogP contribution in [0.1, 0.15) is 5.56 Å². The third kappa shape index (κ3) is 2.13. The molecule has 0 saturated carbocycles. The molecule has 0 aliphatic carbocycles. The van der Waals surface area contributed by atoms with Gasteiger partial charge in [0.2, 0.25) is 0 Å². The van der Waals surface area contributed by atoms with E-state index in [2.05, 4.69) is 35.2 Å². The molecule has 3 rings (SSSR count). The Kier molecular flexibility index (Phi) is 2.94. The quantitative estimate of drug-likeness (QED) is 0.765. The lowest BCUT2D eigenvalue weighted by molar-refractivity contribution is 0.155. The van der Waals surface area contributed by atoms with Gasteiger partial charge in [-0.3, -0.25) is 0 Å². The van der Waals surface area contributed by atoms with Crippen molar-refractivity contribution in [2.75, 3.05) is 32.8 Å². The van der Waals surface area contributed by atoms with E-state index in [1.807, 2.05) is 0 Å². The third-order valence-corrected chi connectivity index (χ3v) is 3.88. The molecule has 0 aromatic heterocycles. The monoisotopic (exact) mass is 217 g/mol. The first kappa shape index (κ1) is 10.3. The molecule has 2 atom stereocenters. The van der Waals surface area contributed by atoms with E-state index < -0.39 is 0 Å². The van der Waals surface area contributed by atoms with Gasteiger partial charge in [0.25, 0.3) is 0 Å². The Morgan fingerprint density at radius 2 is 1.75 bits per heavy atom. The van der Waals surface area contributed by atoms with E-state index in [1.54, 1.807) is 0 Å². The molecular formula is C14H19NO. The van der Waals surface area contributed by atoms with Crippen LogP contribution in [-0.2, 0) is 11.2 Å². The molecule has 0 bridgehead atoms. The Hall–Kier alpha value is -0.860. The van der Waals surface area contributed by atoms with Crippen LogP contribution < -0.4 is 0 Å². The maximum atomic E-state index is 5.50. The number of rotatable bonds is 3. The Balaban J connectivity index is 1.50. The fourth-order valence-corrected chi connectivity index (χ4v) is 2.90. The zero-order valence-electron chi connectivity index (χ0n) is 9.64. The fourth-order valence-electron chi connectivity index (χ4n) is 2.90. The predicted molar refractivity (Wildman–Crippen MR) is 64.4 cm³/mol. The smallest absolute Gasteiger partial charge is 0.0510 e. The lowest BCUT2D eigenvalue weighted by Gasteiger charge is -2.16. The first-order chi connectivity index (χ1) is 7.92. The minimum Gasteiger partial charge on any atom is -0.381 e. The highest BCUT2D eigenvalue weighted by Crippen LogP contribution is 2.28. The van der Waals surface area contributed by atoms with Gasteiger partial charge in [-0.1, -0.05) is 30.3 Å². The molecule has 0 unspecified atom stereocenters. The van der Waals surface area contributed by atoms with E-state index in [1.165, 1.54) is 31.6 Å². The minimum absolute atomic E-state index is 0.816. The van der Waals surface area contributed by atoms with Gasteiger partial charge in [0, 0.05) is 31.5 Å². The zero-order chi connectivity index (χ0) is 10.8. The molecule has 0 spiro atoms. The Morgan fingerprint density at radius 1 is 1.06 bits per heavy atom. The molecule has 2 aliphatic rings. The average molecular weight is 217 g/mol. The van der Waals surface area contributed by atoms with Gasteiger partial charge in [-0.25, -0.2) is 0 Å². The molecule has 16 heavy (non-hydrogen) atoms. The molecule has 0 N–H and O–H groups in total. The van der Waals surface area contributed by atoms with Crippen molar-refractivity contribution in [3.05, 3.63) is 35.9 Å². The van der Waals surface area contributed by atoms with E-state index in [-0.39, 0.29) is 0 Å². The summed E-state index contributed by atoms with van der Waals surface area (Å²) in [5.74, 6) is 1.63. The van der Waals surface area contributed by atoms with Crippen molar-refractivity contribution in [1.82, 2.24) is 4.90 Å². The summed E-state index contributed by atoms with van der Waals surface area (Å²) in [5.41, 5.74) is 1.45. The van der Waals surface area contributed by atoms with Crippen LogP contribution in [0.4, 0.5) is 0 Å². The van der Waals surface area contributed by atoms with Gasteiger partial charge in [0.1, 0.15) is 0 Å². The van der Waals surface area contributed by atoms with E-state index in [4.69, 9.17) is 4.74 Å². The summed E-state index contributed by atoms with van der Waals surface area (Å²) in [6.07, 6.45) is 1.18. The Labute approximate surface area is 97.2 Å². The normalized spacial score (nSPS) is 29.5. The van der Waals surface area contributed by atoms with Crippen LogP contribution in [0.5, 0.6) is 0 Å². The highest BCUT2D eigenvalue weighted by molar-refractivity contribution is 5.14. The minimum atomic E-state index is 0.816. The summed E-state index contributed by atoms with van der Waals surface area (Å²) >= 11 is 0. The van der Waals surface area contributed by atoms with Crippen LogP contribution in [0, 0.1) is 11.8 Å². The van der Waals surface area contributed by atoms with Gasteiger partial charge in [0.15, 0.2) is 0 Å². The molecule has 0 amide bonds. The number of nitrogens with zero attached hydrogens (tertiary/aromatic N) is 1. The second kappa shape index (κ2) is 4.56. The van der Waals surface area contributed by atoms with Crippen molar-refractivity contribution >= 4 is 0 Å². The van der Waals surface area contributed by atoms with Crippen molar-refractivity contribution in [2.24, 2.45) is 11.8 Å². The first-order valence-corrected chi connectivity index (χ1v) is 6.26. The summed E-state index contributed by atoms with van der Waals surface area (Å²) in [6, 6.07) is 10.8. The Morgan fingerprint density at radius 3 is 2.44 bits per heavy atom. The number of fused-ring (bicyclic) bond motifs is 1. The predicted octanol–water partition coefficient (Wildman–Crippen LogP) is 1.81. The van der Waals surface area contributed by atoms with Gasteiger partial charge >= 0.3 is 0 Å². The molecule has 2 aliphatic heterocycles. The molecule has 2 fully saturated rings. The van der Waals surface area contributed by atoms with Crippen LogP contribution in [-0.4, -0.2) is 37.7 Å². The van der Waals surface area contributed by atoms with Gasteiger partial charge in [-0.2, -0.15) is 0 Å². The van der Waals surface area contributed by atoms with Crippen molar-refractivity contribution in [2.45, 2.75) is 6.42 Å². The number of likely N-dealkylation sites (tertiary alicyclic amines) is 1. The second-order valence-electron chi connectivity index (χ2n) is 5.05. The number of ether oxygens (including phenoxy) is 1. The third-order valence-electron chi connectivity index (χ3n) is 3.88. The van der Waals surface area contributed by atoms with E-state index >= 15 is 0 Å². The maximum Gasteiger partial charge on any atom is 0.0510 e. The number of hydrogen-bond donors (Lipinski definition) is 0.